The monoisotopic (exact) mass is 488 g/mol. The van der Waals surface area contributed by atoms with Crippen LogP contribution in [0.5, 0.6) is 0 Å². The van der Waals surface area contributed by atoms with Crippen molar-refractivity contribution in [2.24, 2.45) is 0 Å². The predicted octanol–water partition coefficient (Wildman–Crippen LogP) is 4.07. The van der Waals surface area contributed by atoms with Gasteiger partial charge in [0.1, 0.15) is 5.82 Å². The second kappa shape index (κ2) is 9.15. The van der Waals surface area contributed by atoms with Crippen molar-refractivity contribution in [2.75, 3.05) is 0 Å². The minimum atomic E-state index is -0.617. The minimum absolute atomic E-state index is 0.0840. The molecule has 9 heteroatoms. The number of fused-ring (bicyclic) bond motifs is 1. The first-order chi connectivity index (χ1) is 16.9. The van der Waals surface area contributed by atoms with Gasteiger partial charge in [0.05, 0.1) is 25.1 Å². The lowest BCUT2D eigenvalue weighted by Gasteiger charge is -2.13. The average molecular weight is 489 g/mol. The molecule has 0 bridgehead atoms. The molecule has 7 nitrogen and oxygen atoms in total. The Morgan fingerprint density at radius 1 is 0.914 bits per heavy atom. The van der Waals surface area contributed by atoms with Crippen molar-refractivity contribution in [2.45, 2.75) is 13.1 Å². The molecule has 0 spiro atoms. The van der Waals surface area contributed by atoms with E-state index in [2.05, 4.69) is 4.98 Å². The van der Waals surface area contributed by atoms with Gasteiger partial charge in [-0.05, 0) is 42.0 Å². The van der Waals surface area contributed by atoms with Gasteiger partial charge >= 0.3 is 5.69 Å². The average Bonchev–Trinajstić information content (AvgIpc) is 3.28. The van der Waals surface area contributed by atoms with Crippen LogP contribution in [0, 0.1) is 5.82 Å². The summed E-state index contributed by atoms with van der Waals surface area (Å²) in [5, 5.41) is 0.483. The Labute approximate surface area is 203 Å². The number of aromatic nitrogens is 4. The second-order valence-electron chi connectivity index (χ2n) is 7.95. The fourth-order valence-electron chi connectivity index (χ4n) is 3.90. The number of carbonyl (C=O) groups is 1. The number of imidazole rings is 1. The first kappa shape index (κ1) is 22.5. The molecule has 0 amide bonds. The van der Waals surface area contributed by atoms with E-state index in [0.29, 0.717) is 21.8 Å². The Morgan fingerprint density at radius 3 is 2.29 bits per heavy atom. The van der Waals surface area contributed by atoms with E-state index in [9.17, 15) is 18.8 Å². The number of benzene rings is 3. The van der Waals surface area contributed by atoms with Crippen molar-refractivity contribution in [3.63, 3.8) is 0 Å². The van der Waals surface area contributed by atoms with Gasteiger partial charge < -0.3 is 4.57 Å². The maximum Gasteiger partial charge on any atom is 0.337 e. The number of ketones is 1. The van der Waals surface area contributed by atoms with Crippen molar-refractivity contribution in [3.8, 4) is 5.69 Å². The fraction of sp³-hybridized carbons (Fsp3) is 0.0769. The zero-order valence-electron chi connectivity index (χ0n) is 18.3. The third kappa shape index (κ3) is 4.31. The van der Waals surface area contributed by atoms with Crippen LogP contribution in [-0.2, 0) is 13.1 Å². The highest BCUT2D eigenvalue weighted by molar-refractivity contribution is 6.30. The van der Waals surface area contributed by atoms with Crippen LogP contribution in [0.15, 0.2) is 94.8 Å². The van der Waals surface area contributed by atoms with Crippen molar-refractivity contribution < 1.29 is 9.18 Å². The smallest absolute Gasteiger partial charge is 0.317 e. The van der Waals surface area contributed by atoms with Crippen LogP contribution in [-0.4, -0.2) is 24.5 Å². The van der Waals surface area contributed by atoms with Gasteiger partial charge in [0, 0.05) is 10.6 Å². The molecule has 0 radical (unpaired) electrons. The van der Waals surface area contributed by atoms with Gasteiger partial charge in [-0.1, -0.05) is 54.1 Å². The van der Waals surface area contributed by atoms with E-state index in [1.54, 1.807) is 48.5 Å². The molecule has 5 rings (SSSR count). The highest BCUT2D eigenvalue weighted by Crippen LogP contribution is 2.17. The number of hydrogen-bond donors (Lipinski definition) is 0. The number of rotatable bonds is 6. The van der Waals surface area contributed by atoms with E-state index < -0.39 is 17.1 Å². The van der Waals surface area contributed by atoms with E-state index in [0.717, 1.165) is 4.57 Å². The minimum Gasteiger partial charge on any atom is -0.317 e. The Kier molecular flexibility index (Phi) is 5.88. The van der Waals surface area contributed by atoms with Gasteiger partial charge in [-0.3, -0.25) is 14.2 Å². The van der Waals surface area contributed by atoms with E-state index in [4.69, 9.17) is 11.6 Å². The first-order valence-electron chi connectivity index (χ1n) is 10.7. The summed E-state index contributed by atoms with van der Waals surface area (Å²) in [7, 11) is 0. The molecule has 0 aliphatic heterocycles. The third-order valence-corrected chi connectivity index (χ3v) is 5.90. The molecular formula is C26H18ClFN4O3. The number of Topliss-reactive ketones (excluding diaryl/α,β-unsaturated/α-hetero) is 1. The molecule has 0 aliphatic carbocycles. The lowest BCUT2D eigenvalue weighted by molar-refractivity contribution is 0.0973. The third-order valence-electron chi connectivity index (χ3n) is 5.65. The Morgan fingerprint density at radius 2 is 1.60 bits per heavy atom. The highest BCUT2D eigenvalue weighted by Gasteiger charge is 2.21. The van der Waals surface area contributed by atoms with Crippen LogP contribution in [0.1, 0.15) is 15.9 Å². The normalized spacial score (nSPS) is 11.1. The van der Waals surface area contributed by atoms with Crippen LogP contribution in [0.4, 0.5) is 4.39 Å². The van der Waals surface area contributed by atoms with E-state index in [1.807, 2.05) is 6.07 Å². The Balaban J connectivity index is 1.71. The molecule has 35 heavy (non-hydrogen) atoms. The summed E-state index contributed by atoms with van der Waals surface area (Å²) in [6.45, 7) is -0.218. The molecule has 2 heterocycles. The lowest BCUT2D eigenvalue weighted by atomic mass is 10.1. The zero-order valence-corrected chi connectivity index (χ0v) is 19.0. The van der Waals surface area contributed by atoms with E-state index >= 15 is 0 Å². The standard InChI is InChI=1S/C26H18ClFN4O3/c27-19-8-12-21(13-9-19)32-24-23(30(16-29-24)15-22(33)18-4-2-1-3-5-18)25(34)31(26(32)35)14-17-6-10-20(28)11-7-17/h1-13,16H,14-15H2. The number of carbonyl (C=O) groups excluding carboxylic acids is 1. The Hall–Kier alpha value is -4.30. The van der Waals surface area contributed by atoms with Gasteiger partial charge in [-0.25, -0.2) is 18.7 Å². The Bertz CT molecular complexity index is 1650. The summed E-state index contributed by atoms with van der Waals surface area (Å²) in [5.74, 6) is -0.633. The molecule has 0 fully saturated rings. The van der Waals surface area contributed by atoms with Crippen molar-refractivity contribution in [1.82, 2.24) is 18.7 Å². The zero-order chi connectivity index (χ0) is 24.5. The summed E-state index contributed by atoms with van der Waals surface area (Å²) < 4.78 is 17.2. The summed E-state index contributed by atoms with van der Waals surface area (Å²) in [6.07, 6.45) is 1.38. The van der Waals surface area contributed by atoms with Crippen LogP contribution in [0.25, 0.3) is 16.9 Å². The maximum atomic E-state index is 13.5. The van der Waals surface area contributed by atoms with Crippen LogP contribution < -0.4 is 11.2 Å². The van der Waals surface area contributed by atoms with Gasteiger partial charge in [0.25, 0.3) is 5.56 Å². The SMILES string of the molecule is O=C(Cn1cnc2c1c(=O)n(Cc1ccc(F)cc1)c(=O)n2-c1ccc(Cl)cc1)c1ccccc1. The summed E-state index contributed by atoms with van der Waals surface area (Å²) in [4.78, 5) is 44.2. The molecule has 0 saturated carbocycles. The molecular weight excluding hydrogens is 471 g/mol. The molecule has 3 aromatic carbocycles. The molecule has 2 aromatic heterocycles. The summed E-state index contributed by atoms with van der Waals surface area (Å²) in [5.41, 5.74) is 0.527. The van der Waals surface area contributed by atoms with E-state index in [1.165, 1.54) is 39.7 Å². The largest absolute Gasteiger partial charge is 0.337 e. The van der Waals surface area contributed by atoms with Gasteiger partial charge in [-0.15, -0.1) is 0 Å². The van der Waals surface area contributed by atoms with E-state index in [-0.39, 0.29) is 30.0 Å². The second-order valence-corrected chi connectivity index (χ2v) is 8.38. The first-order valence-corrected chi connectivity index (χ1v) is 11.1. The number of halogens is 2. The highest BCUT2D eigenvalue weighted by atomic mass is 35.5. The van der Waals surface area contributed by atoms with Crippen molar-refractivity contribution in [3.05, 3.63) is 128 Å². The van der Waals surface area contributed by atoms with Crippen molar-refractivity contribution in [1.29, 1.82) is 0 Å². The summed E-state index contributed by atoms with van der Waals surface area (Å²) >= 11 is 6.02. The van der Waals surface area contributed by atoms with Gasteiger partial charge in [0.2, 0.25) is 0 Å². The van der Waals surface area contributed by atoms with Crippen molar-refractivity contribution >= 4 is 28.5 Å². The number of nitrogens with zero attached hydrogens (tertiary/aromatic N) is 4. The molecule has 0 N–H and O–H groups in total. The predicted molar refractivity (Wildman–Crippen MR) is 131 cm³/mol. The lowest BCUT2D eigenvalue weighted by Crippen LogP contribution is -2.40. The van der Waals surface area contributed by atoms with Crippen LogP contribution in [0.3, 0.4) is 0 Å². The van der Waals surface area contributed by atoms with Crippen LogP contribution >= 0.6 is 11.6 Å². The van der Waals surface area contributed by atoms with Gasteiger partial charge in [0.15, 0.2) is 16.9 Å². The quantitative estimate of drug-likeness (QED) is 0.337. The fourth-order valence-corrected chi connectivity index (χ4v) is 4.03. The molecule has 0 unspecified atom stereocenters. The number of hydrogen-bond acceptors (Lipinski definition) is 4. The molecule has 0 aliphatic rings. The van der Waals surface area contributed by atoms with Gasteiger partial charge in [-0.2, -0.15) is 0 Å². The molecule has 174 valence electrons. The maximum absolute atomic E-state index is 13.5. The molecule has 0 atom stereocenters. The van der Waals surface area contributed by atoms with Crippen LogP contribution in [0.2, 0.25) is 5.02 Å². The molecule has 0 saturated heterocycles. The summed E-state index contributed by atoms with van der Waals surface area (Å²) in [6, 6.07) is 20.8. The molecule has 5 aromatic rings. The topological polar surface area (TPSA) is 78.9 Å².